The Balaban J connectivity index is 1.69. The summed E-state index contributed by atoms with van der Waals surface area (Å²) in [6, 6.07) is 5.21. The zero-order valence-electron chi connectivity index (χ0n) is 14.4. The van der Waals surface area contributed by atoms with Gasteiger partial charge in [0, 0.05) is 25.3 Å². The number of nitrogens with one attached hydrogen (secondary N) is 1. The van der Waals surface area contributed by atoms with Gasteiger partial charge < -0.3 is 4.90 Å². The molecule has 2 heterocycles. The van der Waals surface area contributed by atoms with Gasteiger partial charge >= 0.3 is 6.18 Å². The Morgan fingerprint density at radius 3 is 2.46 bits per heavy atom. The summed E-state index contributed by atoms with van der Waals surface area (Å²) in [4.78, 5) is 5.14. The van der Waals surface area contributed by atoms with E-state index >= 15 is 0 Å². The lowest BCUT2D eigenvalue weighted by atomic mass is 10.1. The van der Waals surface area contributed by atoms with Crippen molar-refractivity contribution in [2.45, 2.75) is 30.0 Å². The van der Waals surface area contributed by atoms with E-state index in [-0.39, 0.29) is 28.3 Å². The first-order valence-electron chi connectivity index (χ1n) is 8.32. The number of halogens is 5. The third-order valence-electron chi connectivity index (χ3n) is 4.41. The molecule has 0 spiro atoms. The Morgan fingerprint density at radius 1 is 1.18 bits per heavy atom. The highest BCUT2D eigenvalue weighted by atomic mass is 79.9. The van der Waals surface area contributed by atoms with Crippen molar-refractivity contribution in [1.29, 1.82) is 0 Å². The lowest BCUT2D eigenvalue weighted by Gasteiger charge is -2.34. The highest BCUT2D eigenvalue weighted by Gasteiger charge is 2.36. The molecule has 1 N–H and O–H groups in total. The third kappa shape index (κ3) is 4.64. The normalized spacial score (nSPS) is 16.4. The van der Waals surface area contributed by atoms with Crippen LogP contribution in [-0.4, -0.2) is 32.5 Å². The fourth-order valence-electron chi connectivity index (χ4n) is 3.01. The maximum absolute atomic E-state index is 13.6. The van der Waals surface area contributed by atoms with Crippen LogP contribution < -0.4 is 9.62 Å². The molecule has 152 valence electrons. The second-order valence-corrected chi connectivity index (χ2v) is 8.90. The molecule has 1 aromatic heterocycles. The van der Waals surface area contributed by atoms with Crippen LogP contribution in [0.4, 0.5) is 23.4 Å². The maximum Gasteiger partial charge on any atom is 0.419 e. The molecule has 0 atom stereocenters. The largest absolute Gasteiger partial charge is 0.419 e. The molecule has 0 unspecified atom stereocenters. The van der Waals surface area contributed by atoms with Crippen LogP contribution in [0.3, 0.4) is 0 Å². The molecule has 5 nitrogen and oxygen atoms in total. The van der Waals surface area contributed by atoms with Gasteiger partial charge in [-0.1, -0.05) is 0 Å². The van der Waals surface area contributed by atoms with E-state index in [0.717, 1.165) is 12.1 Å². The van der Waals surface area contributed by atoms with Gasteiger partial charge in [-0.25, -0.2) is 22.5 Å². The van der Waals surface area contributed by atoms with Gasteiger partial charge in [0.1, 0.15) is 11.6 Å². The number of pyridine rings is 1. The van der Waals surface area contributed by atoms with Crippen LogP contribution in [0.2, 0.25) is 0 Å². The molecule has 1 saturated heterocycles. The summed E-state index contributed by atoms with van der Waals surface area (Å²) in [5.74, 6) is -0.862. The molecule has 0 radical (unpaired) electrons. The lowest BCUT2D eigenvalue weighted by Crippen LogP contribution is -2.45. The van der Waals surface area contributed by atoms with Gasteiger partial charge in [0.2, 0.25) is 10.0 Å². The van der Waals surface area contributed by atoms with E-state index < -0.39 is 33.6 Å². The Labute approximate surface area is 167 Å². The van der Waals surface area contributed by atoms with Crippen LogP contribution >= 0.6 is 15.9 Å². The molecule has 11 heteroatoms. The van der Waals surface area contributed by atoms with Crippen molar-refractivity contribution in [3.8, 4) is 0 Å². The van der Waals surface area contributed by atoms with E-state index in [4.69, 9.17) is 0 Å². The molecule has 28 heavy (non-hydrogen) atoms. The molecular weight excluding hydrogens is 466 g/mol. The highest BCUT2D eigenvalue weighted by molar-refractivity contribution is 9.10. The van der Waals surface area contributed by atoms with Crippen molar-refractivity contribution >= 4 is 31.8 Å². The lowest BCUT2D eigenvalue weighted by molar-refractivity contribution is -0.137. The number of piperidine rings is 1. The van der Waals surface area contributed by atoms with Gasteiger partial charge in [0.15, 0.2) is 0 Å². The summed E-state index contributed by atoms with van der Waals surface area (Å²) in [7, 11) is -3.94. The topological polar surface area (TPSA) is 62.3 Å². The second kappa shape index (κ2) is 7.96. The highest BCUT2D eigenvalue weighted by Crippen LogP contribution is 2.36. The minimum absolute atomic E-state index is 0.149. The van der Waals surface area contributed by atoms with Gasteiger partial charge in [0.25, 0.3) is 0 Å². The average Bonchev–Trinajstić information content (AvgIpc) is 2.63. The number of hydrogen-bond donors (Lipinski definition) is 1. The van der Waals surface area contributed by atoms with Gasteiger partial charge in [-0.3, -0.25) is 0 Å². The van der Waals surface area contributed by atoms with Gasteiger partial charge in [-0.2, -0.15) is 13.2 Å². The van der Waals surface area contributed by atoms with Gasteiger partial charge in [0.05, 0.1) is 14.9 Å². The number of aromatic nitrogens is 1. The van der Waals surface area contributed by atoms with Crippen LogP contribution in [0, 0.1) is 5.82 Å². The third-order valence-corrected chi connectivity index (χ3v) is 6.57. The Kier molecular flexibility index (Phi) is 5.97. The summed E-state index contributed by atoms with van der Waals surface area (Å²) in [6.45, 7) is 0.421. The Bertz CT molecular complexity index is 961. The molecule has 1 aromatic carbocycles. The quantitative estimate of drug-likeness (QED) is 0.671. The molecular formula is C17H16BrF4N3O2S. The predicted molar refractivity (Wildman–Crippen MR) is 98.9 cm³/mol. The smallest absolute Gasteiger partial charge is 0.356 e. The first-order valence-corrected chi connectivity index (χ1v) is 10.6. The zero-order chi connectivity index (χ0) is 20.5. The second-order valence-electron chi connectivity index (χ2n) is 6.33. The van der Waals surface area contributed by atoms with E-state index in [1.54, 1.807) is 0 Å². The minimum Gasteiger partial charge on any atom is -0.356 e. The number of rotatable bonds is 4. The van der Waals surface area contributed by atoms with Gasteiger partial charge in [-0.05, 0) is 59.1 Å². The van der Waals surface area contributed by atoms with Crippen LogP contribution in [0.1, 0.15) is 18.4 Å². The number of anilines is 1. The average molecular weight is 482 g/mol. The molecule has 2 aromatic rings. The molecule has 0 saturated carbocycles. The van der Waals surface area contributed by atoms with Crippen molar-refractivity contribution in [1.82, 2.24) is 9.71 Å². The van der Waals surface area contributed by atoms with Crippen molar-refractivity contribution in [3.05, 3.63) is 52.4 Å². The summed E-state index contributed by atoms with van der Waals surface area (Å²) in [6.07, 6.45) is -2.63. The van der Waals surface area contributed by atoms with Crippen LogP contribution in [0.25, 0.3) is 0 Å². The first-order chi connectivity index (χ1) is 13.1. The Morgan fingerprint density at radius 2 is 1.86 bits per heavy atom. The predicted octanol–water partition coefficient (Wildman–Crippen LogP) is 3.95. The standard InChI is InChI=1S/C17H16BrF4N3O2S/c18-14-4-3-12(10-15(14)19)28(26,27)24-11-5-8-25(9-6-11)16-13(17(20,21)22)2-1-7-23-16/h1-4,7,10-11,24H,5-6,8-9H2. The van der Waals surface area contributed by atoms with E-state index in [2.05, 4.69) is 25.6 Å². The summed E-state index contributed by atoms with van der Waals surface area (Å²) in [5.41, 5.74) is -0.820. The van der Waals surface area contributed by atoms with E-state index in [9.17, 15) is 26.0 Å². The van der Waals surface area contributed by atoms with Crippen molar-refractivity contribution < 1.29 is 26.0 Å². The fraction of sp³-hybridized carbons (Fsp3) is 0.353. The van der Waals surface area contributed by atoms with Crippen molar-refractivity contribution in [2.75, 3.05) is 18.0 Å². The molecule has 0 bridgehead atoms. The van der Waals surface area contributed by atoms with Crippen LogP contribution in [0.15, 0.2) is 45.9 Å². The number of alkyl halides is 3. The number of sulfonamides is 1. The zero-order valence-corrected chi connectivity index (χ0v) is 16.8. The van der Waals surface area contributed by atoms with Gasteiger partial charge in [-0.15, -0.1) is 0 Å². The molecule has 0 aliphatic carbocycles. The van der Waals surface area contributed by atoms with Crippen LogP contribution in [0.5, 0.6) is 0 Å². The van der Waals surface area contributed by atoms with Crippen LogP contribution in [-0.2, 0) is 16.2 Å². The molecule has 3 rings (SSSR count). The number of benzene rings is 1. The fourth-order valence-corrected chi connectivity index (χ4v) is 4.57. The summed E-state index contributed by atoms with van der Waals surface area (Å²) >= 11 is 2.96. The Hall–Kier alpha value is -1.72. The molecule has 1 fully saturated rings. The molecule has 1 aliphatic heterocycles. The minimum atomic E-state index is -4.52. The number of hydrogen-bond acceptors (Lipinski definition) is 4. The van der Waals surface area contributed by atoms with Crippen molar-refractivity contribution in [2.24, 2.45) is 0 Å². The molecule has 0 amide bonds. The summed E-state index contributed by atoms with van der Waals surface area (Å²) in [5, 5.41) is 0. The van der Waals surface area contributed by atoms with E-state index in [1.807, 2.05) is 0 Å². The maximum atomic E-state index is 13.6. The number of nitrogens with zero attached hydrogens (tertiary/aromatic N) is 2. The summed E-state index contributed by atoms with van der Waals surface area (Å²) < 4.78 is 80.6. The monoisotopic (exact) mass is 481 g/mol. The molecule has 1 aliphatic rings. The SMILES string of the molecule is O=S(=O)(NC1CCN(c2ncccc2C(F)(F)F)CC1)c1ccc(Br)c(F)c1. The first kappa shape index (κ1) is 21.0. The van der Waals surface area contributed by atoms with Crippen molar-refractivity contribution in [3.63, 3.8) is 0 Å². The van der Waals surface area contributed by atoms with E-state index in [1.165, 1.54) is 29.3 Å². The van der Waals surface area contributed by atoms with E-state index in [0.29, 0.717) is 12.8 Å².